The maximum atomic E-state index is 4.40. The summed E-state index contributed by atoms with van der Waals surface area (Å²) in [5.41, 5.74) is 6.74. The lowest BCUT2D eigenvalue weighted by Crippen LogP contribution is -2.36. The van der Waals surface area contributed by atoms with Crippen LogP contribution in [-0.2, 0) is 13.0 Å². The maximum Gasteiger partial charge on any atom is 0.0849 e. The lowest BCUT2D eigenvalue weighted by atomic mass is 10.1. The minimum atomic E-state index is 0.677. The largest absolute Gasteiger partial charge is 0.377 e. The molecule has 19 heavy (non-hydrogen) atoms. The standard InChI is InChI=1S/C14H21N5/c1-4-12(9-16-18(3)11-15-5-2)13-10-17-19-8-6-7-14(13)19/h4-5,9-10,15-16H,1-2,6-8,11H2,3H3/b12-9+. The number of nitrogens with zero attached hydrogens (tertiary/aromatic N) is 3. The van der Waals surface area contributed by atoms with Crippen molar-refractivity contribution in [1.82, 2.24) is 25.5 Å². The molecule has 0 amide bonds. The van der Waals surface area contributed by atoms with Crippen molar-refractivity contribution in [2.75, 3.05) is 13.7 Å². The van der Waals surface area contributed by atoms with Crippen molar-refractivity contribution in [1.29, 1.82) is 0 Å². The molecule has 1 aliphatic heterocycles. The van der Waals surface area contributed by atoms with E-state index < -0.39 is 0 Å². The summed E-state index contributed by atoms with van der Waals surface area (Å²) in [6.45, 7) is 9.20. The van der Waals surface area contributed by atoms with Crippen LogP contribution < -0.4 is 10.7 Å². The van der Waals surface area contributed by atoms with Gasteiger partial charge in [-0.05, 0) is 19.0 Å². The Morgan fingerprint density at radius 3 is 3.16 bits per heavy atom. The topological polar surface area (TPSA) is 45.1 Å². The van der Waals surface area contributed by atoms with Crippen LogP contribution in [0.3, 0.4) is 0 Å². The second-order valence-electron chi connectivity index (χ2n) is 4.53. The van der Waals surface area contributed by atoms with Gasteiger partial charge in [0, 0.05) is 36.6 Å². The molecule has 0 radical (unpaired) electrons. The number of hydrogen-bond acceptors (Lipinski definition) is 4. The molecule has 0 fully saturated rings. The molecule has 1 aromatic rings. The zero-order valence-electron chi connectivity index (χ0n) is 11.4. The molecule has 0 saturated heterocycles. The fourth-order valence-electron chi connectivity index (χ4n) is 2.18. The van der Waals surface area contributed by atoms with E-state index in [1.54, 1.807) is 6.20 Å². The van der Waals surface area contributed by atoms with Gasteiger partial charge in [0.25, 0.3) is 0 Å². The third-order valence-corrected chi connectivity index (χ3v) is 3.18. The molecule has 0 bridgehead atoms. The summed E-state index contributed by atoms with van der Waals surface area (Å²) in [4.78, 5) is 0. The molecule has 0 unspecified atom stereocenters. The van der Waals surface area contributed by atoms with E-state index in [0.717, 1.165) is 18.5 Å². The van der Waals surface area contributed by atoms with E-state index in [1.807, 2.05) is 30.5 Å². The van der Waals surface area contributed by atoms with Gasteiger partial charge in [-0.3, -0.25) is 4.68 Å². The number of aryl methyl sites for hydroxylation is 1. The van der Waals surface area contributed by atoms with Crippen LogP contribution in [0.2, 0.25) is 0 Å². The van der Waals surface area contributed by atoms with Crippen molar-refractivity contribution < 1.29 is 0 Å². The van der Waals surface area contributed by atoms with Crippen molar-refractivity contribution in [3.8, 4) is 0 Å². The van der Waals surface area contributed by atoms with Crippen LogP contribution in [0.15, 0.2) is 37.8 Å². The van der Waals surface area contributed by atoms with Gasteiger partial charge in [0.1, 0.15) is 0 Å². The summed E-state index contributed by atoms with van der Waals surface area (Å²) in [7, 11) is 1.95. The summed E-state index contributed by atoms with van der Waals surface area (Å²) in [6.07, 6.45) is 9.67. The van der Waals surface area contributed by atoms with E-state index >= 15 is 0 Å². The lowest BCUT2D eigenvalue weighted by Gasteiger charge is -2.17. The monoisotopic (exact) mass is 259 g/mol. The van der Waals surface area contributed by atoms with Gasteiger partial charge in [0.15, 0.2) is 0 Å². The molecule has 5 heteroatoms. The number of hydrogen-bond donors (Lipinski definition) is 2. The van der Waals surface area contributed by atoms with Crippen molar-refractivity contribution in [2.24, 2.45) is 0 Å². The van der Waals surface area contributed by atoms with Crippen LogP contribution in [0.4, 0.5) is 0 Å². The van der Waals surface area contributed by atoms with Gasteiger partial charge in [-0.1, -0.05) is 19.2 Å². The fourth-order valence-corrected chi connectivity index (χ4v) is 2.18. The van der Waals surface area contributed by atoms with Gasteiger partial charge in [0.2, 0.25) is 0 Å². The van der Waals surface area contributed by atoms with E-state index in [9.17, 15) is 0 Å². The van der Waals surface area contributed by atoms with Crippen LogP contribution in [0.25, 0.3) is 5.57 Å². The molecule has 2 heterocycles. The Hall–Kier alpha value is -2.01. The molecular weight excluding hydrogens is 238 g/mol. The van der Waals surface area contributed by atoms with Crippen LogP contribution >= 0.6 is 0 Å². The van der Waals surface area contributed by atoms with Crippen LogP contribution in [-0.4, -0.2) is 28.5 Å². The van der Waals surface area contributed by atoms with Gasteiger partial charge >= 0.3 is 0 Å². The molecule has 0 saturated carbocycles. The molecule has 0 aliphatic carbocycles. The molecule has 1 aliphatic rings. The normalized spacial score (nSPS) is 14.3. The molecule has 0 spiro atoms. The second kappa shape index (κ2) is 6.24. The Bertz CT molecular complexity index is 486. The molecule has 1 aromatic heterocycles. The lowest BCUT2D eigenvalue weighted by molar-refractivity contribution is 0.267. The Morgan fingerprint density at radius 2 is 2.42 bits per heavy atom. The predicted molar refractivity (Wildman–Crippen MR) is 77.8 cm³/mol. The molecule has 102 valence electrons. The van der Waals surface area contributed by atoms with E-state index in [4.69, 9.17) is 0 Å². The van der Waals surface area contributed by atoms with Gasteiger partial charge < -0.3 is 10.7 Å². The van der Waals surface area contributed by atoms with Crippen molar-refractivity contribution in [3.63, 3.8) is 0 Å². The predicted octanol–water partition coefficient (Wildman–Crippen LogP) is 1.48. The van der Waals surface area contributed by atoms with E-state index in [1.165, 1.54) is 17.7 Å². The van der Waals surface area contributed by atoms with Crippen LogP contribution in [0.5, 0.6) is 0 Å². The van der Waals surface area contributed by atoms with E-state index in [-0.39, 0.29) is 0 Å². The Balaban J connectivity index is 2.06. The summed E-state index contributed by atoms with van der Waals surface area (Å²) >= 11 is 0. The number of rotatable bonds is 7. The zero-order chi connectivity index (χ0) is 13.7. The average Bonchev–Trinajstić information content (AvgIpc) is 3.01. The quantitative estimate of drug-likeness (QED) is 0.442. The molecule has 0 aromatic carbocycles. The summed E-state index contributed by atoms with van der Waals surface area (Å²) in [6, 6.07) is 0. The summed E-state index contributed by atoms with van der Waals surface area (Å²) < 4.78 is 2.08. The number of fused-ring (bicyclic) bond motifs is 1. The van der Waals surface area contributed by atoms with Crippen LogP contribution in [0, 0.1) is 0 Å². The van der Waals surface area contributed by atoms with Crippen molar-refractivity contribution in [3.05, 3.63) is 49.1 Å². The first-order valence-corrected chi connectivity index (χ1v) is 6.45. The Morgan fingerprint density at radius 1 is 1.58 bits per heavy atom. The van der Waals surface area contributed by atoms with Crippen molar-refractivity contribution >= 4 is 5.57 Å². The molecule has 0 atom stereocenters. The molecule has 2 rings (SSSR count). The highest BCUT2D eigenvalue weighted by molar-refractivity contribution is 5.74. The third kappa shape index (κ3) is 3.06. The number of hydrazine groups is 1. The summed E-state index contributed by atoms with van der Waals surface area (Å²) in [5, 5.41) is 9.35. The number of nitrogens with one attached hydrogen (secondary N) is 2. The molecular formula is C14H21N5. The minimum absolute atomic E-state index is 0.677. The highest BCUT2D eigenvalue weighted by atomic mass is 15.5. The fraction of sp³-hybridized carbons (Fsp3) is 0.357. The van der Waals surface area contributed by atoms with Crippen molar-refractivity contribution in [2.45, 2.75) is 19.4 Å². The smallest absolute Gasteiger partial charge is 0.0849 e. The van der Waals surface area contributed by atoms with E-state index in [2.05, 4.69) is 33.7 Å². The van der Waals surface area contributed by atoms with Gasteiger partial charge in [-0.15, -0.1) is 0 Å². The van der Waals surface area contributed by atoms with Crippen LogP contribution in [0.1, 0.15) is 17.7 Å². The highest BCUT2D eigenvalue weighted by Gasteiger charge is 2.17. The average molecular weight is 259 g/mol. The summed E-state index contributed by atoms with van der Waals surface area (Å²) in [5.74, 6) is 0. The first-order chi connectivity index (χ1) is 9.26. The SMILES string of the molecule is C=CNCN(C)N/C=C(\C=C)c1cnn2c1CCC2. The minimum Gasteiger partial charge on any atom is -0.377 e. The third-order valence-electron chi connectivity index (χ3n) is 3.18. The molecule has 5 nitrogen and oxygen atoms in total. The van der Waals surface area contributed by atoms with Gasteiger partial charge in [-0.25, -0.2) is 5.01 Å². The highest BCUT2D eigenvalue weighted by Crippen LogP contribution is 2.24. The number of aromatic nitrogens is 2. The van der Waals surface area contributed by atoms with Gasteiger partial charge in [0.05, 0.1) is 12.9 Å². The first-order valence-electron chi connectivity index (χ1n) is 6.45. The second-order valence-corrected chi connectivity index (χ2v) is 4.53. The Kier molecular flexibility index (Phi) is 4.41. The number of allylic oxidation sites excluding steroid dienone is 2. The Labute approximate surface area is 114 Å². The van der Waals surface area contributed by atoms with Gasteiger partial charge in [-0.2, -0.15) is 5.10 Å². The van der Waals surface area contributed by atoms with E-state index in [0.29, 0.717) is 6.67 Å². The zero-order valence-corrected chi connectivity index (χ0v) is 11.4. The first kappa shape index (κ1) is 13.4. The molecule has 2 N–H and O–H groups in total. The maximum absolute atomic E-state index is 4.40.